The van der Waals surface area contributed by atoms with Crippen LogP contribution in [0.5, 0.6) is 0 Å². The van der Waals surface area contributed by atoms with E-state index in [1.165, 1.54) is 0 Å². The van der Waals surface area contributed by atoms with E-state index in [-0.39, 0.29) is 30.5 Å². The van der Waals surface area contributed by atoms with Crippen molar-refractivity contribution >= 4 is 17.7 Å². The summed E-state index contributed by atoms with van der Waals surface area (Å²) in [6, 6.07) is -1.10. The summed E-state index contributed by atoms with van der Waals surface area (Å²) in [5.74, 6) is -2.05. The van der Waals surface area contributed by atoms with E-state index in [1.807, 2.05) is 13.8 Å². The van der Waals surface area contributed by atoms with Crippen molar-refractivity contribution in [2.45, 2.75) is 58.1 Å². The van der Waals surface area contributed by atoms with Gasteiger partial charge in [-0.1, -0.05) is 13.8 Å². The first kappa shape index (κ1) is 16.6. The molecule has 1 rings (SSSR count). The van der Waals surface area contributed by atoms with Gasteiger partial charge in [0.15, 0.2) is 0 Å². The number of amides is 1. The maximum absolute atomic E-state index is 11.8. The van der Waals surface area contributed by atoms with Gasteiger partial charge in [-0.25, -0.2) is 4.79 Å². The second kappa shape index (κ2) is 7.38. The van der Waals surface area contributed by atoms with Gasteiger partial charge in [0.1, 0.15) is 17.9 Å². The third-order valence-corrected chi connectivity index (χ3v) is 3.55. The van der Waals surface area contributed by atoms with Crippen molar-refractivity contribution in [2.24, 2.45) is 11.8 Å². The summed E-state index contributed by atoms with van der Waals surface area (Å²) in [4.78, 5) is 34.5. The molecule has 0 unspecified atom stereocenters. The number of aliphatic hydroxyl groups excluding tert-OH is 1. The average Bonchev–Trinajstić information content (AvgIpc) is 2.34. The number of aliphatic hydroxyl groups is 1. The molecule has 3 atom stereocenters. The predicted octanol–water partition coefficient (Wildman–Crippen LogP) is 0.722. The summed E-state index contributed by atoms with van der Waals surface area (Å²) in [6.45, 7) is 3.73. The quantitative estimate of drug-likeness (QED) is 0.667. The molecule has 1 aliphatic rings. The number of nitrogens with one attached hydrogen (secondary N) is 1. The molecular formula is C14H23NO5. The van der Waals surface area contributed by atoms with E-state index in [0.29, 0.717) is 19.3 Å². The Kier molecular flexibility index (Phi) is 6.13. The van der Waals surface area contributed by atoms with Crippen LogP contribution >= 0.6 is 0 Å². The van der Waals surface area contributed by atoms with Crippen molar-refractivity contribution in [2.75, 3.05) is 0 Å². The van der Waals surface area contributed by atoms with Gasteiger partial charge < -0.3 is 15.5 Å². The Morgan fingerprint density at radius 1 is 1.40 bits per heavy atom. The molecule has 0 aromatic heterocycles. The minimum absolute atomic E-state index is 0.0319. The molecule has 0 aromatic rings. The van der Waals surface area contributed by atoms with Crippen LogP contribution in [0, 0.1) is 11.8 Å². The van der Waals surface area contributed by atoms with Gasteiger partial charge in [-0.05, 0) is 31.1 Å². The minimum Gasteiger partial charge on any atom is -0.480 e. The molecular weight excluding hydrogens is 262 g/mol. The Bertz CT molecular complexity index is 380. The molecule has 0 aromatic carbocycles. The molecule has 6 nitrogen and oxygen atoms in total. The van der Waals surface area contributed by atoms with E-state index in [1.54, 1.807) is 0 Å². The number of rotatable bonds is 6. The fraction of sp³-hybridized carbons (Fsp3) is 0.786. The van der Waals surface area contributed by atoms with Crippen LogP contribution in [0.4, 0.5) is 0 Å². The van der Waals surface area contributed by atoms with E-state index in [4.69, 9.17) is 0 Å². The van der Waals surface area contributed by atoms with Crippen LogP contribution < -0.4 is 5.32 Å². The van der Waals surface area contributed by atoms with Crippen LogP contribution in [0.15, 0.2) is 0 Å². The molecule has 0 spiro atoms. The normalized spacial score (nSPS) is 22.4. The summed E-state index contributed by atoms with van der Waals surface area (Å²) in [5, 5.41) is 21.3. The lowest BCUT2D eigenvalue weighted by Crippen LogP contribution is -2.50. The number of carboxylic acids is 1. The van der Waals surface area contributed by atoms with Crippen LogP contribution in [0.25, 0.3) is 0 Å². The van der Waals surface area contributed by atoms with E-state index in [0.717, 1.165) is 0 Å². The van der Waals surface area contributed by atoms with Gasteiger partial charge in [0, 0.05) is 12.8 Å². The number of ketones is 1. The third-order valence-electron chi connectivity index (χ3n) is 3.55. The fourth-order valence-electron chi connectivity index (χ4n) is 2.53. The molecule has 3 N–H and O–H groups in total. The number of aliphatic carboxylic acids is 1. The van der Waals surface area contributed by atoms with Crippen LogP contribution in [-0.2, 0) is 14.4 Å². The molecule has 0 heterocycles. The van der Waals surface area contributed by atoms with Crippen LogP contribution in [0.3, 0.4) is 0 Å². The number of carbonyl (C=O) groups is 3. The van der Waals surface area contributed by atoms with E-state index in [9.17, 15) is 24.6 Å². The van der Waals surface area contributed by atoms with Gasteiger partial charge in [0.05, 0.1) is 0 Å². The second-order valence-corrected chi connectivity index (χ2v) is 5.86. The maximum Gasteiger partial charge on any atom is 0.326 e. The lowest BCUT2D eigenvalue weighted by molar-refractivity contribution is -0.146. The molecule has 0 saturated heterocycles. The van der Waals surface area contributed by atoms with Gasteiger partial charge in [-0.2, -0.15) is 0 Å². The molecule has 0 bridgehead atoms. The Morgan fingerprint density at radius 2 is 2.05 bits per heavy atom. The largest absolute Gasteiger partial charge is 0.480 e. The third kappa shape index (κ3) is 4.92. The summed E-state index contributed by atoms with van der Waals surface area (Å²) in [5.41, 5.74) is 0. The number of hydrogen-bond acceptors (Lipinski definition) is 4. The predicted molar refractivity (Wildman–Crippen MR) is 72.0 cm³/mol. The first-order valence-corrected chi connectivity index (χ1v) is 7.04. The second-order valence-electron chi connectivity index (χ2n) is 5.86. The van der Waals surface area contributed by atoms with Crippen molar-refractivity contribution < 1.29 is 24.6 Å². The SMILES string of the molecule is CC(C)C[C@@H](O)C(=O)N[C@@H](C(=O)O)[C@H]1CCCC(=O)C1. The zero-order valence-electron chi connectivity index (χ0n) is 12.0. The van der Waals surface area contributed by atoms with Gasteiger partial charge in [-0.15, -0.1) is 0 Å². The molecule has 1 fully saturated rings. The van der Waals surface area contributed by atoms with Crippen molar-refractivity contribution in [3.63, 3.8) is 0 Å². The number of Topliss-reactive ketones (excluding diaryl/α,β-unsaturated/α-hetero) is 1. The summed E-state index contributed by atoms with van der Waals surface area (Å²) < 4.78 is 0. The Balaban J connectivity index is 2.65. The molecule has 6 heteroatoms. The minimum atomic E-state index is -1.21. The monoisotopic (exact) mass is 285 g/mol. The molecule has 20 heavy (non-hydrogen) atoms. The Morgan fingerprint density at radius 3 is 2.55 bits per heavy atom. The Hall–Kier alpha value is -1.43. The highest BCUT2D eigenvalue weighted by molar-refractivity contribution is 5.87. The molecule has 1 aliphatic carbocycles. The van der Waals surface area contributed by atoms with Gasteiger partial charge in [0.2, 0.25) is 5.91 Å². The molecule has 0 aliphatic heterocycles. The molecule has 114 valence electrons. The van der Waals surface area contributed by atoms with Crippen LogP contribution in [-0.4, -0.2) is 40.0 Å². The van der Waals surface area contributed by atoms with E-state index >= 15 is 0 Å². The van der Waals surface area contributed by atoms with Crippen molar-refractivity contribution in [1.82, 2.24) is 5.32 Å². The zero-order chi connectivity index (χ0) is 15.3. The average molecular weight is 285 g/mol. The van der Waals surface area contributed by atoms with Gasteiger partial charge in [-0.3, -0.25) is 9.59 Å². The van der Waals surface area contributed by atoms with Crippen molar-refractivity contribution in [3.8, 4) is 0 Å². The van der Waals surface area contributed by atoms with E-state index < -0.39 is 24.0 Å². The van der Waals surface area contributed by atoms with Crippen LogP contribution in [0.2, 0.25) is 0 Å². The number of carbonyl (C=O) groups excluding carboxylic acids is 2. The first-order chi connectivity index (χ1) is 9.31. The summed E-state index contributed by atoms with van der Waals surface area (Å²) in [7, 11) is 0. The highest BCUT2D eigenvalue weighted by Gasteiger charge is 2.34. The zero-order valence-corrected chi connectivity index (χ0v) is 12.0. The van der Waals surface area contributed by atoms with Crippen molar-refractivity contribution in [1.29, 1.82) is 0 Å². The fourth-order valence-corrected chi connectivity index (χ4v) is 2.53. The highest BCUT2D eigenvalue weighted by atomic mass is 16.4. The standard InChI is InChI=1S/C14H23NO5/c1-8(2)6-11(17)13(18)15-12(14(19)20)9-4-3-5-10(16)7-9/h8-9,11-12,17H,3-7H2,1-2H3,(H,15,18)(H,19,20)/t9-,11+,12+/m0/s1. The summed E-state index contributed by atoms with van der Waals surface area (Å²) >= 11 is 0. The lowest BCUT2D eigenvalue weighted by atomic mass is 9.83. The molecule has 1 saturated carbocycles. The number of hydrogen-bond donors (Lipinski definition) is 3. The topological polar surface area (TPSA) is 104 Å². The maximum atomic E-state index is 11.8. The van der Waals surface area contributed by atoms with Crippen LogP contribution in [0.1, 0.15) is 46.0 Å². The molecule has 0 radical (unpaired) electrons. The van der Waals surface area contributed by atoms with Gasteiger partial charge in [0.25, 0.3) is 0 Å². The van der Waals surface area contributed by atoms with Crippen molar-refractivity contribution in [3.05, 3.63) is 0 Å². The van der Waals surface area contributed by atoms with Gasteiger partial charge >= 0.3 is 5.97 Å². The summed E-state index contributed by atoms with van der Waals surface area (Å²) in [6.07, 6.45) is 0.976. The first-order valence-electron chi connectivity index (χ1n) is 7.04. The van der Waals surface area contributed by atoms with E-state index in [2.05, 4.69) is 5.32 Å². The molecule has 1 amide bonds. The number of carboxylic acid groups (broad SMARTS) is 1. The Labute approximate surface area is 118 Å². The lowest BCUT2D eigenvalue weighted by Gasteiger charge is -2.28. The smallest absolute Gasteiger partial charge is 0.326 e. The highest BCUT2D eigenvalue weighted by Crippen LogP contribution is 2.24.